The van der Waals surface area contributed by atoms with E-state index >= 15 is 0 Å². The molecule has 4 nitrogen and oxygen atoms in total. The highest BCUT2D eigenvalue weighted by atomic mass is 16.4. The van der Waals surface area contributed by atoms with Crippen molar-refractivity contribution < 1.29 is 14.7 Å². The third-order valence-corrected chi connectivity index (χ3v) is 1.17. The highest BCUT2D eigenvalue weighted by Crippen LogP contribution is 1.83. The third-order valence-electron chi connectivity index (χ3n) is 1.17. The molecule has 2 N–H and O–H groups in total. The maximum atomic E-state index is 10.8. The Hall–Kier alpha value is -1.76. The van der Waals surface area contributed by atoms with Gasteiger partial charge < -0.3 is 10.4 Å². The summed E-state index contributed by atoms with van der Waals surface area (Å²) in [5.41, 5.74) is 0. The average molecular weight is 181 g/mol. The van der Waals surface area contributed by atoms with Crippen LogP contribution in [0.2, 0.25) is 0 Å². The van der Waals surface area contributed by atoms with Crippen LogP contribution in [-0.4, -0.2) is 23.5 Å². The molecule has 0 radical (unpaired) electrons. The number of amides is 1. The van der Waals surface area contributed by atoms with Crippen molar-refractivity contribution in [3.63, 3.8) is 0 Å². The molecule has 4 heteroatoms. The maximum absolute atomic E-state index is 10.8. The zero-order chi connectivity index (χ0) is 10.1. The van der Waals surface area contributed by atoms with Crippen LogP contribution >= 0.6 is 0 Å². The normalized spacial score (nSPS) is 9.46. The molecule has 70 valence electrons. The molecule has 0 saturated carbocycles. The van der Waals surface area contributed by atoms with Crippen molar-refractivity contribution in [1.29, 1.82) is 0 Å². The number of hydrogen-bond donors (Lipinski definition) is 2. The Morgan fingerprint density at radius 2 is 2.15 bits per heavy atom. The van der Waals surface area contributed by atoms with Gasteiger partial charge in [-0.1, -0.05) is 0 Å². The summed E-state index contributed by atoms with van der Waals surface area (Å²) in [4.78, 5) is 20.8. The zero-order valence-corrected chi connectivity index (χ0v) is 7.12. The van der Waals surface area contributed by atoms with Gasteiger partial charge in [-0.2, -0.15) is 0 Å². The van der Waals surface area contributed by atoms with Crippen LogP contribution in [0.15, 0.2) is 12.2 Å². The molecule has 0 atom stereocenters. The van der Waals surface area contributed by atoms with Crippen molar-refractivity contribution in [1.82, 2.24) is 5.32 Å². The van der Waals surface area contributed by atoms with Gasteiger partial charge in [0, 0.05) is 25.1 Å². The first-order chi connectivity index (χ1) is 6.16. The SMILES string of the molecule is C#CCCCNC(=O)/C=C/C(=O)O. The van der Waals surface area contributed by atoms with Crippen LogP contribution in [-0.2, 0) is 9.59 Å². The number of carbonyl (C=O) groups excluding carboxylic acids is 1. The second kappa shape index (κ2) is 6.92. The fraction of sp³-hybridized carbons (Fsp3) is 0.333. The van der Waals surface area contributed by atoms with E-state index in [1.165, 1.54) is 0 Å². The van der Waals surface area contributed by atoms with Crippen molar-refractivity contribution in [2.45, 2.75) is 12.8 Å². The number of aliphatic carboxylic acids is 1. The van der Waals surface area contributed by atoms with E-state index in [4.69, 9.17) is 11.5 Å². The highest BCUT2D eigenvalue weighted by Gasteiger charge is 1.94. The molecule has 0 aliphatic heterocycles. The molecule has 0 heterocycles. The standard InChI is InChI=1S/C9H11NO3/c1-2-3-4-7-10-8(11)5-6-9(12)13/h1,5-6H,3-4,7H2,(H,10,11)(H,12,13)/b6-5+. The van der Waals surface area contributed by atoms with Crippen molar-refractivity contribution in [2.75, 3.05) is 6.54 Å². The summed E-state index contributed by atoms with van der Waals surface area (Å²) in [6, 6.07) is 0. The quantitative estimate of drug-likeness (QED) is 0.360. The van der Waals surface area contributed by atoms with E-state index in [0.29, 0.717) is 19.4 Å². The fourth-order valence-corrected chi connectivity index (χ4v) is 0.608. The summed E-state index contributed by atoms with van der Waals surface area (Å²) in [6.07, 6.45) is 8.05. The van der Waals surface area contributed by atoms with Gasteiger partial charge in [0.1, 0.15) is 0 Å². The molecule has 1 amide bonds. The van der Waals surface area contributed by atoms with E-state index < -0.39 is 11.9 Å². The number of nitrogens with one attached hydrogen (secondary N) is 1. The van der Waals surface area contributed by atoms with Gasteiger partial charge in [0.05, 0.1) is 0 Å². The lowest BCUT2D eigenvalue weighted by Crippen LogP contribution is -2.22. The lowest BCUT2D eigenvalue weighted by atomic mass is 10.3. The lowest BCUT2D eigenvalue weighted by molar-refractivity contribution is -0.131. The van der Waals surface area contributed by atoms with E-state index in [1.807, 2.05) is 0 Å². The molecular weight excluding hydrogens is 170 g/mol. The van der Waals surface area contributed by atoms with E-state index in [1.54, 1.807) is 0 Å². The summed E-state index contributed by atoms with van der Waals surface area (Å²) in [5.74, 6) is 0.871. The summed E-state index contributed by atoms with van der Waals surface area (Å²) in [5, 5.41) is 10.7. The molecule has 0 aromatic rings. The molecule has 0 aliphatic rings. The van der Waals surface area contributed by atoms with E-state index in [-0.39, 0.29) is 0 Å². The Kier molecular flexibility index (Phi) is 5.98. The molecule has 0 saturated heterocycles. The molecule has 0 spiro atoms. The van der Waals surface area contributed by atoms with Crippen LogP contribution in [0.25, 0.3) is 0 Å². The van der Waals surface area contributed by atoms with Crippen LogP contribution in [0.3, 0.4) is 0 Å². The fourth-order valence-electron chi connectivity index (χ4n) is 0.608. The van der Waals surface area contributed by atoms with Gasteiger partial charge in [-0.05, 0) is 6.42 Å². The van der Waals surface area contributed by atoms with Gasteiger partial charge in [0.2, 0.25) is 5.91 Å². The van der Waals surface area contributed by atoms with Gasteiger partial charge in [-0.25, -0.2) is 4.79 Å². The van der Waals surface area contributed by atoms with Crippen molar-refractivity contribution in [3.05, 3.63) is 12.2 Å². The van der Waals surface area contributed by atoms with E-state index in [9.17, 15) is 9.59 Å². The largest absolute Gasteiger partial charge is 0.478 e. The summed E-state index contributed by atoms with van der Waals surface area (Å²) >= 11 is 0. The maximum Gasteiger partial charge on any atom is 0.328 e. The minimum atomic E-state index is -1.14. The molecular formula is C9H11NO3. The monoisotopic (exact) mass is 181 g/mol. The molecule has 0 aliphatic carbocycles. The van der Waals surface area contributed by atoms with Gasteiger partial charge in [0.15, 0.2) is 0 Å². The summed E-state index contributed by atoms with van der Waals surface area (Å²) in [6.45, 7) is 0.465. The third kappa shape index (κ3) is 8.14. The number of carbonyl (C=O) groups is 2. The van der Waals surface area contributed by atoms with Crippen molar-refractivity contribution in [3.8, 4) is 12.3 Å². The molecule has 0 fully saturated rings. The number of carboxylic acids is 1. The molecule has 0 aromatic heterocycles. The van der Waals surface area contributed by atoms with Crippen LogP contribution in [0.4, 0.5) is 0 Å². The Morgan fingerprint density at radius 1 is 1.46 bits per heavy atom. The van der Waals surface area contributed by atoms with Crippen LogP contribution in [0.1, 0.15) is 12.8 Å². The first-order valence-electron chi connectivity index (χ1n) is 3.79. The number of carboxylic acid groups (broad SMARTS) is 1. The van der Waals surface area contributed by atoms with Crippen molar-refractivity contribution >= 4 is 11.9 Å². The Balaban J connectivity index is 3.53. The molecule has 0 unspecified atom stereocenters. The number of hydrogen-bond acceptors (Lipinski definition) is 2. The zero-order valence-electron chi connectivity index (χ0n) is 7.12. The second-order valence-corrected chi connectivity index (χ2v) is 2.27. The molecule has 13 heavy (non-hydrogen) atoms. The number of terminal acetylenes is 1. The second-order valence-electron chi connectivity index (χ2n) is 2.27. The predicted molar refractivity (Wildman–Crippen MR) is 47.9 cm³/mol. The molecule has 0 bridgehead atoms. The van der Waals surface area contributed by atoms with Gasteiger partial charge >= 0.3 is 5.97 Å². The summed E-state index contributed by atoms with van der Waals surface area (Å²) < 4.78 is 0. The summed E-state index contributed by atoms with van der Waals surface area (Å²) in [7, 11) is 0. The average Bonchev–Trinajstić information content (AvgIpc) is 2.09. The lowest BCUT2D eigenvalue weighted by Gasteiger charge is -1.97. The highest BCUT2D eigenvalue weighted by molar-refractivity contribution is 5.93. The minimum Gasteiger partial charge on any atom is -0.478 e. The van der Waals surface area contributed by atoms with Gasteiger partial charge in [-0.15, -0.1) is 12.3 Å². The smallest absolute Gasteiger partial charge is 0.328 e. The van der Waals surface area contributed by atoms with Crippen LogP contribution < -0.4 is 5.32 Å². The first kappa shape index (κ1) is 11.2. The number of rotatable bonds is 5. The van der Waals surface area contributed by atoms with E-state index in [0.717, 1.165) is 12.2 Å². The topological polar surface area (TPSA) is 66.4 Å². The van der Waals surface area contributed by atoms with Gasteiger partial charge in [0.25, 0.3) is 0 Å². The Morgan fingerprint density at radius 3 is 2.69 bits per heavy atom. The molecule has 0 aromatic carbocycles. The van der Waals surface area contributed by atoms with Gasteiger partial charge in [-0.3, -0.25) is 4.79 Å². The van der Waals surface area contributed by atoms with Crippen LogP contribution in [0.5, 0.6) is 0 Å². The minimum absolute atomic E-state index is 0.417. The van der Waals surface area contributed by atoms with E-state index in [2.05, 4.69) is 11.2 Å². The molecule has 0 rings (SSSR count). The number of unbranched alkanes of at least 4 members (excludes halogenated alkanes) is 1. The first-order valence-corrected chi connectivity index (χ1v) is 3.79. The Labute approximate surface area is 76.6 Å². The van der Waals surface area contributed by atoms with Crippen molar-refractivity contribution in [2.24, 2.45) is 0 Å². The Bertz CT molecular complexity index is 250. The predicted octanol–water partition coefficient (Wildman–Crippen LogP) is 0.157. The van der Waals surface area contributed by atoms with Crippen LogP contribution in [0, 0.1) is 12.3 Å².